The van der Waals surface area contributed by atoms with E-state index in [9.17, 15) is 22.8 Å². The first-order valence-corrected chi connectivity index (χ1v) is 7.65. The fourth-order valence-electron chi connectivity index (χ4n) is 2.06. The summed E-state index contributed by atoms with van der Waals surface area (Å²) in [6, 6.07) is 8.95. The predicted octanol–water partition coefficient (Wildman–Crippen LogP) is 4.95. The fourth-order valence-corrected chi connectivity index (χ4v) is 2.18. The van der Waals surface area contributed by atoms with E-state index < -0.39 is 23.7 Å². The molecule has 0 aromatic heterocycles. The van der Waals surface area contributed by atoms with E-state index >= 15 is 0 Å². The summed E-state index contributed by atoms with van der Waals surface area (Å²) in [7, 11) is 1.23. The summed E-state index contributed by atoms with van der Waals surface area (Å²) in [4.78, 5) is 24.1. The van der Waals surface area contributed by atoms with E-state index in [0.29, 0.717) is 5.02 Å². The molecule has 1 N–H and O–H groups in total. The fraction of sp³-hybridized carbons (Fsp3) is 0.176. The molecule has 0 saturated heterocycles. The van der Waals surface area contributed by atoms with Crippen molar-refractivity contribution in [3.63, 3.8) is 0 Å². The Morgan fingerprint density at radius 3 is 2.27 bits per heavy atom. The molecule has 5 nitrogen and oxygen atoms in total. The van der Waals surface area contributed by atoms with Gasteiger partial charge in [0.1, 0.15) is 5.75 Å². The smallest absolute Gasteiger partial charge is 0.410 e. The minimum Gasteiger partial charge on any atom is -0.410 e. The molecule has 0 atom stereocenters. The third-order valence-corrected chi connectivity index (χ3v) is 3.66. The number of rotatable bonds is 3. The molecule has 9 heteroatoms. The number of carbonyl (C=O) groups excluding carboxylic acids is 2. The number of hydrogen-bond donors (Lipinski definition) is 1. The van der Waals surface area contributed by atoms with Gasteiger partial charge in [0.05, 0.1) is 11.3 Å². The Kier molecular flexibility index (Phi) is 5.76. The van der Waals surface area contributed by atoms with E-state index in [1.54, 1.807) is 0 Å². The largest absolute Gasteiger partial charge is 0.418 e. The van der Waals surface area contributed by atoms with Crippen molar-refractivity contribution in [3.05, 3.63) is 53.1 Å². The van der Waals surface area contributed by atoms with E-state index in [4.69, 9.17) is 16.3 Å². The lowest BCUT2D eigenvalue weighted by molar-refractivity contribution is -0.137. The first-order valence-electron chi connectivity index (χ1n) is 7.28. The first kappa shape index (κ1) is 19.6. The molecule has 0 bridgehead atoms. The topological polar surface area (TPSA) is 58.6 Å². The van der Waals surface area contributed by atoms with Crippen molar-refractivity contribution in [2.75, 3.05) is 17.3 Å². The van der Waals surface area contributed by atoms with E-state index in [0.717, 1.165) is 24.0 Å². The van der Waals surface area contributed by atoms with Crippen LogP contribution in [0.15, 0.2) is 42.5 Å². The van der Waals surface area contributed by atoms with Crippen LogP contribution in [0.25, 0.3) is 0 Å². The quantitative estimate of drug-likeness (QED) is 0.811. The summed E-state index contributed by atoms with van der Waals surface area (Å²) in [5, 5.41) is 2.66. The zero-order chi connectivity index (χ0) is 19.5. The molecule has 2 rings (SSSR count). The number of benzene rings is 2. The van der Waals surface area contributed by atoms with Crippen LogP contribution in [-0.4, -0.2) is 19.0 Å². The lowest BCUT2D eigenvalue weighted by Gasteiger charge is -2.21. The lowest BCUT2D eigenvalue weighted by Crippen LogP contribution is -2.26. The predicted molar refractivity (Wildman–Crippen MR) is 91.6 cm³/mol. The van der Waals surface area contributed by atoms with Crippen molar-refractivity contribution < 1.29 is 27.5 Å². The molecule has 0 aliphatic carbocycles. The van der Waals surface area contributed by atoms with E-state index in [-0.39, 0.29) is 17.1 Å². The number of carbonyl (C=O) groups is 2. The van der Waals surface area contributed by atoms with Crippen molar-refractivity contribution >= 4 is 35.0 Å². The van der Waals surface area contributed by atoms with Crippen LogP contribution < -0.4 is 15.0 Å². The minimum atomic E-state index is -4.71. The van der Waals surface area contributed by atoms with Gasteiger partial charge in [-0.25, -0.2) is 4.79 Å². The molecule has 0 aliphatic heterocycles. The summed E-state index contributed by atoms with van der Waals surface area (Å²) in [6.07, 6.45) is -5.68. The number of ether oxygens (including phenoxy) is 1. The molecule has 0 radical (unpaired) electrons. The molecule has 138 valence electrons. The Hall–Kier alpha value is -2.74. The third-order valence-electron chi connectivity index (χ3n) is 3.41. The third kappa shape index (κ3) is 4.89. The molecular weight excluding hydrogens is 373 g/mol. The number of alkyl halides is 3. The van der Waals surface area contributed by atoms with E-state index in [1.807, 2.05) is 0 Å². The summed E-state index contributed by atoms with van der Waals surface area (Å²) >= 11 is 5.71. The number of nitrogens with zero attached hydrogens (tertiary/aromatic N) is 1. The molecule has 2 aromatic rings. The molecule has 2 aromatic carbocycles. The molecule has 26 heavy (non-hydrogen) atoms. The van der Waals surface area contributed by atoms with Crippen LogP contribution in [0.5, 0.6) is 5.75 Å². The number of halogens is 4. The highest BCUT2D eigenvalue weighted by atomic mass is 35.5. The van der Waals surface area contributed by atoms with Gasteiger partial charge < -0.3 is 9.64 Å². The number of amides is 2. The number of nitrogens with one attached hydrogen (secondary N) is 1. The maximum Gasteiger partial charge on any atom is 0.418 e. The van der Waals surface area contributed by atoms with E-state index in [1.165, 1.54) is 37.4 Å². The molecule has 0 spiro atoms. The Bertz CT molecular complexity index is 823. The molecule has 2 amide bonds. The Morgan fingerprint density at radius 1 is 1.12 bits per heavy atom. The van der Waals surface area contributed by atoms with Crippen molar-refractivity contribution in [2.24, 2.45) is 0 Å². The maximum atomic E-state index is 13.3. The number of anilines is 2. The second-order valence-electron chi connectivity index (χ2n) is 5.28. The van der Waals surface area contributed by atoms with Crippen molar-refractivity contribution in [2.45, 2.75) is 13.1 Å². The highest BCUT2D eigenvalue weighted by Gasteiger charge is 2.35. The monoisotopic (exact) mass is 386 g/mol. The van der Waals surface area contributed by atoms with Crippen LogP contribution in [0, 0.1) is 0 Å². The van der Waals surface area contributed by atoms with Crippen molar-refractivity contribution in [1.82, 2.24) is 0 Å². The van der Waals surface area contributed by atoms with Crippen LogP contribution in [0.2, 0.25) is 5.02 Å². The summed E-state index contributed by atoms with van der Waals surface area (Å²) in [5.41, 5.74) is -1.50. The van der Waals surface area contributed by atoms with Crippen LogP contribution in [0.4, 0.5) is 29.3 Å². The lowest BCUT2D eigenvalue weighted by atomic mass is 10.1. The highest BCUT2D eigenvalue weighted by molar-refractivity contribution is 6.30. The standard InChI is InChI=1S/C17H14ClF3N2O3/c1-10(24)23(2)15-8-5-12(9-14(15)17(19,20)21)22-16(25)26-13-6-3-11(18)4-7-13/h3-9H,1-2H3,(H,22,25). The molecule has 0 heterocycles. The minimum absolute atomic E-state index is 0.128. The van der Waals surface area contributed by atoms with Crippen LogP contribution in [0.3, 0.4) is 0 Å². The maximum absolute atomic E-state index is 13.3. The van der Waals surface area contributed by atoms with Gasteiger partial charge in [-0.2, -0.15) is 13.2 Å². The molecular formula is C17H14ClF3N2O3. The normalized spacial score (nSPS) is 11.0. The van der Waals surface area contributed by atoms with Gasteiger partial charge in [0.25, 0.3) is 0 Å². The van der Waals surface area contributed by atoms with Crippen LogP contribution >= 0.6 is 11.6 Å². The summed E-state index contributed by atoms with van der Waals surface area (Å²) < 4.78 is 44.8. The second kappa shape index (κ2) is 7.65. The molecule has 0 fully saturated rings. The Morgan fingerprint density at radius 2 is 1.73 bits per heavy atom. The Balaban J connectivity index is 2.23. The highest BCUT2D eigenvalue weighted by Crippen LogP contribution is 2.38. The molecule has 0 saturated carbocycles. The average Bonchev–Trinajstić information content (AvgIpc) is 2.55. The van der Waals surface area contributed by atoms with Gasteiger partial charge in [-0.3, -0.25) is 10.1 Å². The SMILES string of the molecule is CC(=O)N(C)c1ccc(NC(=O)Oc2ccc(Cl)cc2)cc1C(F)(F)F. The second-order valence-corrected chi connectivity index (χ2v) is 5.71. The van der Waals surface area contributed by atoms with Gasteiger partial charge in [0.2, 0.25) is 5.91 Å². The molecule has 0 unspecified atom stereocenters. The van der Waals surface area contributed by atoms with Crippen LogP contribution in [-0.2, 0) is 11.0 Å². The van der Waals surface area contributed by atoms with E-state index in [2.05, 4.69) is 5.32 Å². The summed E-state index contributed by atoms with van der Waals surface area (Å²) in [6.45, 7) is 1.15. The number of hydrogen-bond acceptors (Lipinski definition) is 3. The van der Waals surface area contributed by atoms with Gasteiger partial charge >= 0.3 is 12.3 Å². The average molecular weight is 387 g/mol. The van der Waals surface area contributed by atoms with Crippen molar-refractivity contribution in [3.8, 4) is 5.75 Å². The van der Waals surface area contributed by atoms with Gasteiger partial charge in [0.15, 0.2) is 0 Å². The van der Waals surface area contributed by atoms with Gasteiger partial charge in [-0.05, 0) is 42.5 Å². The summed E-state index contributed by atoms with van der Waals surface area (Å²) in [5.74, 6) is -0.380. The zero-order valence-corrected chi connectivity index (χ0v) is 14.5. The van der Waals surface area contributed by atoms with Crippen molar-refractivity contribution in [1.29, 1.82) is 0 Å². The van der Waals surface area contributed by atoms with Gasteiger partial charge in [0, 0.05) is 24.7 Å². The van der Waals surface area contributed by atoms with Crippen LogP contribution in [0.1, 0.15) is 12.5 Å². The van der Waals surface area contributed by atoms with Gasteiger partial charge in [-0.1, -0.05) is 11.6 Å². The first-order chi connectivity index (χ1) is 12.1. The van der Waals surface area contributed by atoms with Gasteiger partial charge in [-0.15, -0.1) is 0 Å². The zero-order valence-electron chi connectivity index (χ0n) is 13.7. The Labute approximate surface area is 152 Å². The molecule has 0 aliphatic rings.